The topological polar surface area (TPSA) is 61.9 Å². The van der Waals surface area contributed by atoms with Crippen LogP contribution in [0.1, 0.15) is 33.6 Å². The van der Waals surface area contributed by atoms with Crippen LogP contribution in [0.15, 0.2) is 0 Å². The van der Waals surface area contributed by atoms with E-state index in [-0.39, 0.29) is 17.7 Å². The van der Waals surface area contributed by atoms with Crippen LogP contribution < -0.4 is 5.32 Å². The van der Waals surface area contributed by atoms with E-state index in [4.69, 9.17) is 4.74 Å². The number of amides is 2. The quantitative estimate of drug-likeness (QED) is 0.681. The first-order valence-electron chi connectivity index (χ1n) is 8.41. The second-order valence-corrected chi connectivity index (χ2v) is 5.76. The Hall–Kier alpha value is -1.14. The van der Waals surface area contributed by atoms with Gasteiger partial charge in [-0.1, -0.05) is 13.8 Å². The van der Waals surface area contributed by atoms with Gasteiger partial charge in [-0.05, 0) is 12.8 Å². The predicted octanol–water partition coefficient (Wildman–Crippen LogP) is 0.720. The maximum absolute atomic E-state index is 11.9. The molecule has 0 saturated carbocycles. The number of hydrogen-bond donors (Lipinski definition) is 1. The molecule has 0 radical (unpaired) electrons. The van der Waals surface area contributed by atoms with Gasteiger partial charge >= 0.3 is 0 Å². The van der Waals surface area contributed by atoms with Crippen LogP contribution in [-0.4, -0.2) is 74.1 Å². The molecule has 6 nitrogen and oxygen atoms in total. The minimum atomic E-state index is 0.0602. The zero-order valence-electron chi connectivity index (χ0n) is 14.3. The Morgan fingerprint density at radius 1 is 1.18 bits per heavy atom. The fourth-order valence-electron chi connectivity index (χ4n) is 2.63. The maximum atomic E-state index is 11.9. The van der Waals surface area contributed by atoms with Gasteiger partial charge in [-0.25, -0.2) is 0 Å². The summed E-state index contributed by atoms with van der Waals surface area (Å²) in [5.74, 6) is 0.242. The normalized spacial score (nSPS) is 15.8. The fraction of sp³-hybridized carbons (Fsp3) is 0.875. The van der Waals surface area contributed by atoms with E-state index in [2.05, 4.69) is 10.2 Å². The first-order chi connectivity index (χ1) is 10.6. The van der Waals surface area contributed by atoms with Gasteiger partial charge in [0.25, 0.3) is 0 Å². The van der Waals surface area contributed by atoms with Crippen molar-refractivity contribution in [1.82, 2.24) is 15.1 Å². The molecule has 1 rings (SSSR count). The van der Waals surface area contributed by atoms with Crippen molar-refractivity contribution < 1.29 is 14.3 Å². The molecule has 0 atom stereocenters. The van der Waals surface area contributed by atoms with Gasteiger partial charge in [-0.15, -0.1) is 0 Å². The highest BCUT2D eigenvalue weighted by atomic mass is 16.5. The second-order valence-electron chi connectivity index (χ2n) is 5.76. The Balaban J connectivity index is 2.28. The maximum Gasteiger partial charge on any atom is 0.223 e. The van der Waals surface area contributed by atoms with Crippen molar-refractivity contribution in [2.75, 3.05) is 52.5 Å². The highest BCUT2D eigenvalue weighted by Gasteiger charge is 2.16. The molecule has 22 heavy (non-hydrogen) atoms. The van der Waals surface area contributed by atoms with Crippen LogP contribution in [0.4, 0.5) is 0 Å². The minimum Gasteiger partial charge on any atom is -0.379 e. The monoisotopic (exact) mass is 313 g/mol. The Morgan fingerprint density at radius 2 is 1.82 bits per heavy atom. The van der Waals surface area contributed by atoms with Gasteiger partial charge in [0.05, 0.1) is 13.2 Å². The molecule has 1 N–H and O–H groups in total. The number of nitrogens with one attached hydrogen (secondary N) is 1. The van der Waals surface area contributed by atoms with E-state index in [9.17, 15) is 9.59 Å². The van der Waals surface area contributed by atoms with Crippen molar-refractivity contribution in [2.24, 2.45) is 5.92 Å². The molecule has 2 amide bonds. The molecule has 6 heteroatoms. The molecule has 0 aromatic rings. The minimum absolute atomic E-state index is 0.0602. The Morgan fingerprint density at radius 3 is 2.36 bits per heavy atom. The number of rotatable bonds is 9. The largest absolute Gasteiger partial charge is 0.379 e. The smallest absolute Gasteiger partial charge is 0.223 e. The Bertz CT molecular complexity index is 340. The molecular weight excluding hydrogens is 282 g/mol. The van der Waals surface area contributed by atoms with Crippen molar-refractivity contribution in [2.45, 2.75) is 33.6 Å². The summed E-state index contributed by atoms with van der Waals surface area (Å²) in [4.78, 5) is 27.7. The summed E-state index contributed by atoms with van der Waals surface area (Å²) >= 11 is 0. The molecule has 1 aliphatic heterocycles. The van der Waals surface area contributed by atoms with Gasteiger partial charge in [0.15, 0.2) is 0 Å². The molecule has 0 spiro atoms. The average molecular weight is 313 g/mol. The zero-order valence-corrected chi connectivity index (χ0v) is 14.3. The molecule has 1 aliphatic rings. The summed E-state index contributed by atoms with van der Waals surface area (Å²) < 4.78 is 5.32. The van der Waals surface area contributed by atoms with Crippen LogP contribution in [0.3, 0.4) is 0 Å². The molecule has 1 saturated heterocycles. The summed E-state index contributed by atoms with van der Waals surface area (Å²) in [7, 11) is 0. The second kappa shape index (κ2) is 10.6. The van der Waals surface area contributed by atoms with Crippen LogP contribution in [0.2, 0.25) is 0 Å². The average Bonchev–Trinajstić information content (AvgIpc) is 2.52. The molecule has 1 fully saturated rings. The first-order valence-corrected chi connectivity index (χ1v) is 8.41. The number of carbonyl (C=O) groups is 2. The van der Waals surface area contributed by atoms with Crippen molar-refractivity contribution in [3.05, 3.63) is 0 Å². The van der Waals surface area contributed by atoms with E-state index in [0.717, 1.165) is 45.7 Å². The van der Waals surface area contributed by atoms with E-state index < -0.39 is 0 Å². The highest BCUT2D eigenvalue weighted by molar-refractivity contribution is 5.78. The van der Waals surface area contributed by atoms with Crippen LogP contribution in [-0.2, 0) is 14.3 Å². The fourth-order valence-corrected chi connectivity index (χ4v) is 2.63. The molecule has 0 bridgehead atoms. The first kappa shape index (κ1) is 18.9. The number of morpholine rings is 1. The summed E-state index contributed by atoms with van der Waals surface area (Å²) in [6, 6.07) is 0. The van der Waals surface area contributed by atoms with E-state index in [0.29, 0.717) is 19.6 Å². The van der Waals surface area contributed by atoms with Gasteiger partial charge in [-0.3, -0.25) is 14.5 Å². The molecule has 128 valence electrons. The zero-order chi connectivity index (χ0) is 16.4. The molecule has 0 aromatic heterocycles. The van der Waals surface area contributed by atoms with Gasteiger partial charge in [-0.2, -0.15) is 0 Å². The number of ether oxygens (including phenoxy) is 1. The molecular formula is C16H31N3O3. The standard InChI is InChI=1S/C16H31N3O3/c1-4-15(5-2)16(21)17-6-7-19(14(3)20)9-8-18-10-12-22-13-11-18/h15H,4-13H2,1-3H3,(H,17,21). The summed E-state index contributed by atoms with van der Waals surface area (Å²) in [6.07, 6.45) is 1.71. The van der Waals surface area contributed by atoms with Crippen molar-refractivity contribution in [1.29, 1.82) is 0 Å². The lowest BCUT2D eigenvalue weighted by Crippen LogP contribution is -2.45. The number of nitrogens with zero attached hydrogens (tertiary/aromatic N) is 2. The van der Waals surface area contributed by atoms with Crippen molar-refractivity contribution in [3.8, 4) is 0 Å². The van der Waals surface area contributed by atoms with Gasteiger partial charge in [0.1, 0.15) is 0 Å². The third kappa shape index (κ3) is 6.75. The van der Waals surface area contributed by atoms with Gasteiger partial charge < -0.3 is 15.0 Å². The molecule has 0 aromatic carbocycles. The van der Waals surface area contributed by atoms with Crippen molar-refractivity contribution >= 4 is 11.8 Å². The van der Waals surface area contributed by atoms with E-state index in [1.807, 2.05) is 18.7 Å². The molecule has 1 heterocycles. The summed E-state index contributed by atoms with van der Waals surface area (Å²) in [6.45, 7) is 11.7. The Labute approximate surface area is 134 Å². The van der Waals surface area contributed by atoms with Gasteiger partial charge in [0.2, 0.25) is 11.8 Å². The lowest BCUT2D eigenvalue weighted by atomic mass is 10.0. The van der Waals surface area contributed by atoms with E-state index in [1.54, 1.807) is 6.92 Å². The van der Waals surface area contributed by atoms with E-state index in [1.165, 1.54) is 0 Å². The van der Waals surface area contributed by atoms with Gasteiger partial charge in [0, 0.05) is 52.1 Å². The number of hydrogen-bond acceptors (Lipinski definition) is 4. The lowest BCUT2D eigenvalue weighted by molar-refractivity contribution is -0.130. The molecule has 0 unspecified atom stereocenters. The van der Waals surface area contributed by atoms with E-state index >= 15 is 0 Å². The van der Waals surface area contributed by atoms with Crippen LogP contribution in [0.5, 0.6) is 0 Å². The Kier molecular flexibility index (Phi) is 9.08. The predicted molar refractivity (Wildman–Crippen MR) is 86.6 cm³/mol. The summed E-state index contributed by atoms with van der Waals surface area (Å²) in [5, 5.41) is 2.94. The third-order valence-corrected chi connectivity index (χ3v) is 4.27. The third-order valence-electron chi connectivity index (χ3n) is 4.27. The lowest BCUT2D eigenvalue weighted by Gasteiger charge is -2.29. The summed E-state index contributed by atoms with van der Waals surface area (Å²) in [5.41, 5.74) is 0. The number of carbonyl (C=O) groups excluding carboxylic acids is 2. The van der Waals surface area contributed by atoms with Crippen LogP contribution >= 0.6 is 0 Å². The highest BCUT2D eigenvalue weighted by Crippen LogP contribution is 2.06. The van der Waals surface area contributed by atoms with Crippen molar-refractivity contribution in [3.63, 3.8) is 0 Å². The van der Waals surface area contributed by atoms with Crippen LogP contribution in [0.25, 0.3) is 0 Å². The van der Waals surface area contributed by atoms with Crippen LogP contribution in [0, 0.1) is 5.92 Å². The SMILES string of the molecule is CCC(CC)C(=O)NCCN(CCN1CCOCC1)C(C)=O. The molecule has 0 aliphatic carbocycles.